The third-order valence-electron chi connectivity index (χ3n) is 5.93. The van der Waals surface area contributed by atoms with E-state index in [2.05, 4.69) is 52.0 Å². The van der Waals surface area contributed by atoms with Gasteiger partial charge in [0.05, 0.1) is 0 Å². The summed E-state index contributed by atoms with van der Waals surface area (Å²) in [5.41, 5.74) is 6.71. The van der Waals surface area contributed by atoms with Crippen molar-refractivity contribution in [1.82, 2.24) is 0 Å². The van der Waals surface area contributed by atoms with E-state index in [0.29, 0.717) is 11.8 Å². The predicted octanol–water partition coefficient (Wildman–Crippen LogP) is 5.20. The largest absolute Gasteiger partial charge is 1.00 e. The van der Waals surface area contributed by atoms with Crippen LogP contribution in [0.3, 0.4) is 0 Å². The first-order valence-corrected chi connectivity index (χ1v) is 13.3. The number of benzene rings is 4. The molecule has 6 heteroatoms. The summed E-state index contributed by atoms with van der Waals surface area (Å²) in [6.45, 7) is 8.60. The Bertz CT molecular complexity index is 1230. The van der Waals surface area contributed by atoms with Crippen molar-refractivity contribution in [2.45, 2.75) is 39.5 Å². The van der Waals surface area contributed by atoms with Gasteiger partial charge < -0.3 is 13.9 Å². The molecular formula is C30H30NaO4P. The van der Waals surface area contributed by atoms with Gasteiger partial charge in [-0.2, -0.15) is 0 Å². The smallest absolute Gasteiger partial charge is 0.736 e. The van der Waals surface area contributed by atoms with Crippen LogP contribution >= 0.6 is 7.82 Å². The molecule has 180 valence electrons. The minimum Gasteiger partial charge on any atom is -0.736 e. The Morgan fingerprint density at radius 2 is 0.917 bits per heavy atom. The molecule has 0 N–H and O–H groups in total. The summed E-state index contributed by atoms with van der Waals surface area (Å²) in [6, 6.07) is 30.4. The van der Waals surface area contributed by atoms with Gasteiger partial charge in [-0.25, -0.2) is 4.57 Å². The van der Waals surface area contributed by atoms with E-state index in [1.165, 1.54) is 11.1 Å². The molecule has 0 spiro atoms. The second-order valence-electron chi connectivity index (χ2n) is 9.16. The van der Waals surface area contributed by atoms with Gasteiger partial charge in [0.25, 0.3) is 0 Å². The number of hydrogen-bond acceptors (Lipinski definition) is 4. The Labute approximate surface area is 236 Å². The van der Waals surface area contributed by atoms with E-state index in [0.717, 1.165) is 22.3 Å². The van der Waals surface area contributed by atoms with Crippen molar-refractivity contribution in [3.63, 3.8) is 0 Å². The predicted molar refractivity (Wildman–Crippen MR) is 141 cm³/mol. The van der Waals surface area contributed by atoms with Crippen LogP contribution < -0.4 is 43.5 Å². The standard InChI is InChI=1S/C30H31O4P.Na/c1-21(2)27-9-5-7-11-29(27)23-13-17-25(18-14-23)33-35(31,32)34-26-19-15-24(16-20-26)30-12-8-6-10-28(30)22(3)4;/h5-22H,1-4H3,(H,31,32);/q;+1/p-1. The quantitative estimate of drug-likeness (QED) is 0.243. The number of hydrogen-bond donors (Lipinski definition) is 0. The van der Waals surface area contributed by atoms with Crippen molar-refractivity contribution >= 4 is 7.82 Å². The van der Waals surface area contributed by atoms with Crippen LogP contribution in [0.15, 0.2) is 97.1 Å². The third kappa shape index (κ3) is 6.91. The topological polar surface area (TPSA) is 58.6 Å². The van der Waals surface area contributed by atoms with E-state index in [1.807, 2.05) is 48.5 Å². The molecule has 0 radical (unpaired) electrons. The van der Waals surface area contributed by atoms with Crippen LogP contribution in [0.4, 0.5) is 0 Å². The molecule has 0 aliphatic heterocycles. The molecule has 36 heavy (non-hydrogen) atoms. The van der Waals surface area contributed by atoms with Crippen molar-refractivity contribution < 1.29 is 48.1 Å². The molecule has 4 aromatic rings. The summed E-state index contributed by atoms with van der Waals surface area (Å²) >= 11 is 0. The molecule has 4 nitrogen and oxygen atoms in total. The van der Waals surface area contributed by atoms with Gasteiger partial charge in [-0.05, 0) is 69.5 Å². The maximum Gasteiger partial charge on any atom is 1.00 e. The maximum absolute atomic E-state index is 12.5. The van der Waals surface area contributed by atoms with Gasteiger partial charge in [0.2, 0.25) is 0 Å². The minimum absolute atomic E-state index is 0. The Hall–Kier alpha value is -2.33. The fraction of sp³-hybridized carbons (Fsp3) is 0.200. The Morgan fingerprint density at radius 3 is 1.25 bits per heavy atom. The molecule has 0 saturated carbocycles. The number of rotatable bonds is 8. The normalized spacial score (nSPS) is 11.3. The van der Waals surface area contributed by atoms with Gasteiger partial charge >= 0.3 is 37.4 Å². The number of phosphoric ester groups is 1. The summed E-state index contributed by atoms with van der Waals surface area (Å²) in [5, 5.41) is 0. The van der Waals surface area contributed by atoms with Gasteiger partial charge in [0.15, 0.2) is 0 Å². The van der Waals surface area contributed by atoms with Crippen LogP contribution in [-0.4, -0.2) is 0 Å². The van der Waals surface area contributed by atoms with Crippen LogP contribution in [0, 0.1) is 0 Å². The Balaban J connectivity index is 0.00000361. The molecule has 0 atom stereocenters. The molecular weight excluding hydrogens is 478 g/mol. The third-order valence-corrected chi connectivity index (χ3v) is 6.80. The van der Waals surface area contributed by atoms with E-state index in [-0.39, 0.29) is 41.1 Å². The maximum atomic E-state index is 12.5. The summed E-state index contributed by atoms with van der Waals surface area (Å²) < 4.78 is 23.0. The SMILES string of the molecule is CC(C)c1ccccc1-c1ccc(OP(=O)([O-])Oc2ccc(-c3ccccc3C(C)C)cc2)cc1.[Na+]. The van der Waals surface area contributed by atoms with E-state index in [4.69, 9.17) is 9.05 Å². The zero-order valence-corrected chi connectivity index (χ0v) is 24.4. The van der Waals surface area contributed by atoms with Crippen LogP contribution in [0.25, 0.3) is 22.3 Å². The second-order valence-corrected chi connectivity index (χ2v) is 10.4. The second kappa shape index (κ2) is 12.3. The Morgan fingerprint density at radius 1 is 0.583 bits per heavy atom. The van der Waals surface area contributed by atoms with Crippen LogP contribution in [0.2, 0.25) is 0 Å². The fourth-order valence-corrected chi connectivity index (χ4v) is 4.99. The van der Waals surface area contributed by atoms with E-state index >= 15 is 0 Å². The summed E-state index contributed by atoms with van der Waals surface area (Å²) in [6.07, 6.45) is 0. The fourth-order valence-electron chi connectivity index (χ4n) is 4.19. The van der Waals surface area contributed by atoms with Gasteiger partial charge in [-0.3, -0.25) is 0 Å². The monoisotopic (exact) mass is 508 g/mol. The van der Waals surface area contributed by atoms with Crippen LogP contribution in [0.5, 0.6) is 11.5 Å². The minimum atomic E-state index is -4.61. The van der Waals surface area contributed by atoms with Crippen molar-refractivity contribution in [3.05, 3.63) is 108 Å². The first-order chi connectivity index (χ1) is 16.7. The van der Waals surface area contributed by atoms with Crippen molar-refractivity contribution in [3.8, 4) is 33.8 Å². The molecule has 0 heterocycles. The number of phosphoric acid groups is 1. The average molecular weight is 509 g/mol. The van der Waals surface area contributed by atoms with Crippen LogP contribution in [-0.2, 0) is 4.57 Å². The molecule has 0 aliphatic carbocycles. The first kappa shape index (κ1) is 28.2. The zero-order valence-electron chi connectivity index (χ0n) is 21.5. The van der Waals surface area contributed by atoms with Gasteiger partial charge in [0, 0.05) is 0 Å². The molecule has 0 aliphatic rings. The molecule has 4 aromatic carbocycles. The molecule has 0 fully saturated rings. The van der Waals surface area contributed by atoms with Gasteiger partial charge in [-0.1, -0.05) is 100 Å². The summed E-state index contributed by atoms with van der Waals surface area (Å²) in [5.74, 6) is 1.17. The summed E-state index contributed by atoms with van der Waals surface area (Å²) in [7, 11) is -4.61. The first-order valence-electron chi connectivity index (χ1n) is 11.8. The molecule has 0 unspecified atom stereocenters. The average Bonchev–Trinajstić information content (AvgIpc) is 2.84. The molecule has 0 aromatic heterocycles. The molecule has 4 rings (SSSR count). The van der Waals surface area contributed by atoms with Crippen molar-refractivity contribution in [2.75, 3.05) is 0 Å². The summed E-state index contributed by atoms with van der Waals surface area (Å²) in [4.78, 5) is 12.5. The van der Waals surface area contributed by atoms with E-state index < -0.39 is 7.82 Å². The molecule has 0 saturated heterocycles. The molecule has 0 bridgehead atoms. The zero-order chi connectivity index (χ0) is 25.0. The molecule has 0 amide bonds. The van der Waals surface area contributed by atoms with Crippen LogP contribution in [0.1, 0.15) is 50.7 Å². The van der Waals surface area contributed by atoms with Crippen molar-refractivity contribution in [1.29, 1.82) is 0 Å². The van der Waals surface area contributed by atoms with E-state index in [1.54, 1.807) is 24.3 Å². The van der Waals surface area contributed by atoms with Gasteiger partial charge in [0.1, 0.15) is 11.5 Å². The van der Waals surface area contributed by atoms with E-state index in [9.17, 15) is 9.46 Å². The Kier molecular flexibility index (Phi) is 9.63. The van der Waals surface area contributed by atoms with Gasteiger partial charge in [-0.15, -0.1) is 0 Å². The van der Waals surface area contributed by atoms with Crippen molar-refractivity contribution in [2.24, 2.45) is 0 Å².